The number of rotatable bonds is 5. The third-order valence-electron chi connectivity index (χ3n) is 3.25. The molecule has 3 rings (SSSR count). The van der Waals surface area contributed by atoms with Crippen LogP contribution in [0.25, 0.3) is 11.5 Å². The monoisotopic (exact) mass is 318 g/mol. The van der Waals surface area contributed by atoms with Crippen molar-refractivity contribution in [3.05, 3.63) is 65.9 Å². The Morgan fingerprint density at radius 3 is 2.58 bits per heavy atom. The molecule has 6 heteroatoms. The van der Waals surface area contributed by atoms with E-state index in [0.29, 0.717) is 5.89 Å². The van der Waals surface area contributed by atoms with Gasteiger partial charge in [-0.2, -0.15) is 15.3 Å². The van der Waals surface area contributed by atoms with Crippen LogP contribution in [0.3, 0.4) is 0 Å². The third-order valence-corrected chi connectivity index (χ3v) is 3.25. The molecule has 1 N–H and O–H groups in total. The number of methoxy groups -OCH3 is 1. The highest BCUT2D eigenvalue weighted by Crippen LogP contribution is 2.24. The first-order chi connectivity index (χ1) is 11.8. The predicted octanol–water partition coefficient (Wildman–Crippen LogP) is 3.67. The van der Waals surface area contributed by atoms with Crippen LogP contribution in [0, 0.1) is 11.3 Å². The number of aromatic nitrogens is 1. The summed E-state index contributed by atoms with van der Waals surface area (Å²) in [4.78, 5) is 4.17. The molecular weight excluding hydrogens is 304 g/mol. The number of anilines is 1. The van der Waals surface area contributed by atoms with Gasteiger partial charge in [-0.3, -0.25) is 0 Å². The van der Waals surface area contributed by atoms with Crippen LogP contribution in [-0.2, 0) is 0 Å². The molecule has 0 aliphatic carbocycles. The van der Waals surface area contributed by atoms with E-state index in [9.17, 15) is 5.26 Å². The van der Waals surface area contributed by atoms with Crippen molar-refractivity contribution >= 4 is 12.1 Å². The molecule has 0 saturated heterocycles. The summed E-state index contributed by atoms with van der Waals surface area (Å²) in [7, 11) is 1.61. The third kappa shape index (κ3) is 3.42. The molecule has 6 nitrogen and oxygen atoms in total. The SMILES string of the molecule is COc1ccc(/C=N/Nc2oc(-c3ccccc3)nc2C#N)cc1. The first kappa shape index (κ1) is 15.3. The van der Waals surface area contributed by atoms with Gasteiger partial charge >= 0.3 is 0 Å². The van der Waals surface area contributed by atoms with Gasteiger partial charge in [0, 0.05) is 5.56 Å². The van der Waals surface area contributed by atoms with Gasteiger partial charge in [0.15, 0.2) is 0 Å². The summed E-state index contributed by atoms with van der Waals surface area (Å²) < 4.78 is 10.7. The van der Waals surface area contributed by atoms with Gasteiger partial charge in [0.25, 0.3) is 5.88 Å². The number of nitriles is 1. The van der Waals surface area contributed by atoms with Crippen LogP contribution in [0.5, 0.6) is 5.75 Å². The Hall–Kier alpha value is -3.59. The molecule has 0 unspecified atom stereocenters. The molecule has 24 heavy (non-hydrogen) atoms. The van der Waals surface area contributed by atoms with Gasteiger partial charge in [-0.1, -0.05) is 18.2 Å². The number of benzene rings is 2. The van der Waals surface area contributed by atoms with Crippen molar-refractivity contribution in [3.8, 4) is 23.3 Å². The largest absolute Gasteiger partial charge is 0.497 e. The second-order valence-corrected chi connectivity index (χ2v) is 4.82. The van der Waals surface area contributed by atoms with E-state index in [2.05, 4.69) is 15.5 Å². The molecular formula is C18H14N4O2. The molecule has 0 aliphatic heterocycles. The van der Waals surface area contributed by atoms with E-state index >= 15 is 0 Å². The van der Waals surface area contributed by atoms with Crippen molar-refractivity contribution in [2.24, 2.45) is 5.10 Å². The zero-order valence-electron chi connectivity index (χ0n) is 12.9. The fourth-order valence-electron chi connectivity index (χ4n) is 2.03. The van der Waals surface area contributed by atoms with Crippen LogP contribution in [0.2, 0.25) is 0 Å². The van der Waals surface area contributed by atoms with E-state index in [1.165, 1.54) is 0 Å². The van der Waals surface area contributed by atoms with Crippen LogP contribution in [0.15, 0.2) is 64.1 Å². The molecule has 0 spiro atoms. The van der Waals surface area contributed by atoms with Crippen LogP contribution in [-0.4, -0.2) is 18.3 Å². The normalized spacial score (nSPS) is 10.5. The number of hydrogen-bond donors (Lipinski definition) is 1. The second-order valence-electron chi connectivity index (χ2n) is 4.82. The van der Waals surface area contributed by atoms with E-state index in [-0.39, 0.29) is 11.6 Å². The maximum Gasteiger partial charge on any atom is 0.252 e. The molecule has 2 aromatic carbocycles. The lowest BCUT2D eigenvalue weighted by atomic mass is 10.2. The Kier molecular flexibility index (Phi) is 4.54. The van der Waals surface area contributed by atoms with Crippen LogP contribution in [0.1, 0.15) is 11.3 Å². The zero-order chi connectivity index (χ0) is 16.8. The lowest BCUT2D eigenvalue weighted by molar-refractivity contribution is 0.415. The summed E-state index contributed by atoms with van der Waals surface area (Å²) >= 11 is 0. The van der Waals surface area contributed by atoms with E-state index < -0.39 is 0 Å². The molecule has 3 aromatic rings. The van der Waals surface area contributed by atoms with Crippen molar-refractivity contribution in [2.45, 2.75) is 0 Å². The minimum absolute atomic E-state index is 0.153. The van der Waals surface area contributed by atoms with Crippen molar-refractivity contribution in [1.82, 2.24) is 4.98 Å². The molecule has 0 fully saturated rings. The summed E-state index contributed by atoms with van der Waals surface area (Å²) in [5.41, 5.74) is 4.54. The van der Waals surface area contributed by atoms with E-state index in [4.69, 9.17) is 9.15 Å². The number of hydrazone groups is 1. The zero-order valence-corrected chi connectivity index (χ0v) is 12.9. The number of nitrogens with one attached hydrogen (secondary N) is 1. The fourth-order valence-corrected chi connectivity index (χ4v) is 2.03. The fraction of sp³-hybridized carbons (Fsp3) is 0.0556. The molecule has 0 saturated carbocycles. The highest BCUT2D eigenvalue weighted by atomic mass is 16.5. The maximum atomic E-state index is 9.17. The number of ether oxygens (including phenoxy) is 1. The first-order valence-corrected chi connectivity index (χ1v) is 7.19. The smallest absolute Gasteiger partial charge is 0.252 e. The van der Waals surface area contributed by atoms with Crippen LogP contribution < -0.4 is 10.2 Å². The molecule has 0 aliphatic rings. The molecule has 0 bridgehead atoms. The number of oxazole rings is 1. The molecule has 0 atom stereocenters. The average molecular weight is 318 g/mol. The van der Waals surface area contributed by atoms with Crippen LogP contribution in [0.4, 0.5) is 5.88 Å². The molecule has 1 heterocycles. The first-order valence-electron chi connectivity index (χ1n) is 7.19. The highest BCUT2D eigenvalue weighted by Gasteiger charge is 2.13. The molecule has 118 valence electrons. The quantitative estimate of drug-likeness (QED) is 0.573. The van der Waals surface area contributed by atoms with Crippen molar-refractivity contribution < 1.29 is 9.15 Å². The van der Waals surface area contributed by atoms with Crippen LogP contribution >= 0.6 is 0 Å². The lowest BCUT2D eigenvalue weighted by Crippen LogP contribution is -1.91. The minimum Gasteiger partial charge on any atom is -0.497 e. The van der Waals surface area contributed by atoms with Gasteiger partial charge in [-0.25, -0.2) is 5.43 Å². The molecule has 0 radical (unpaired) electrons. The summed E-state index contributed by atoms with van der Waals surface area (Å²) in [6, 6.07) is 18.8. The maximum absolute atomic E-state index is 9.17. The Morgan fingerprint density at radius 1 is 1.17 bits per heavy atom. The Morgan fingerprint density at radius 2 is 1.92 bits per heavy atom. The minimum atomic E-state index is 0.153. The summed E-state index contributed by atoms with van der Waals surface area (Å²) in [6.07, 6.45) is 1.62. The van der Waals surface area contributed by atoms with Crippen molar-refractivity contribution in [2.75, 3.05) is 12.5 Å². The van der Waals surface area contributed by atoms with Gasteiger partial charge in [0.1, 0.15) is 11.8 Å². The van der Waals surface area contributed by atoms with Crippen molar-refractivity contribution in [3.63, 3.8) is 0 Å². The molecule has 1 aromatic heterocycles. The number of nitrogens with zero attached hydrogens (tertiary/aromatic N) is 3. The van der Waals surface area contributed by atoms with Gasteiger partial charge in [0.2, 0.25) is 11.6 Å². The van der Waals surface area contributed by atoms with E-state index in [1.807, 2.05) is 60.7 Å². The summed E-state index contributed by atoms with van der Waals surface area (Å²) in [5.74, 6) is 1.35. The van der Waals surface area contributed by atoms with E-state index in [0.717, 1.165) is 16.9 Å². The Balaban J connectivity index is 1.76. The van der Waals surface area contributed by atoms with Crippen molar-refractivity contribution in [1.29, 1.82) is 5.26 Å². The van der Waals surface area contributed by atoms with Gasteiger partial charge in [-0.15, -0.1) is 0 Å². The summed E-state index contributed by atoms with van der Waals surface area (Å²) in [5, 5.41) is 13.3. The topological polar surface area (TPSA) is 83.4 Å². The van der Waals surface area contributed by atoms with Gasteiger partial charge in [-0.05, 0) is 42.0 Å². The highest BCUT2D eigenvalue weighted by molar-refractivity contribution is 5.80. The Bertz CT molecular complexity index is 878. The predicted molar refractivity (Wildman–Crippen MR) is 90.9 cm³/mol. The second kappa shape index (κ2) is 7.11. The standard InChI is InChI=1S/C18H14N4O2/c1-23-15-9-7-13(8-10-15)12-20-22-18-16(11-19)21-17(24-18)14-5-3-2-4-6-14/h2-10,12,22H,1H3/b20-12+. The lowest BCUT2D eigenvalue weighted by Gasteiger charge is -1.99. The average Bonchev–Trinajstić information content (AvgIpc) is 3.06. The van der Waals surface area contributed by atoms with E-state index in [1.54, 1.807) is 13.3 Å². The van der Waals surface area contributed by atoms with Gasteiger partial charge in [0.05, 0.1) is 13.3 Å². The Labute approximate surface area is 139 Å². The van der Waals surface area contributed by atoms with Gasteiger partial charge < -0.3 is 9.15 Å². The molecule has 0 amide bonds. The number of hydrogen-bond acceptors (Lipinski definition) is 6. The summed E-state index contributed by atoms with van der Waals surface area (Å²) in [6.45, 7) is 0.